The van der Waals surface area contributed by atoms with Crippen LogP contribution < -0.4 is 5.32 Å². The Morgan fingerprint density at radius 2 is 2.19 bits per heavy atom. The van der Waals surface area contributed by atoms with E-state index in [2.05, 4.69) is 12.2 Å². The highest BCUT2D eigenvalue weighted by atomic mass is 35.5. The molecule has 16 heavy (non-hydrogen) atoms. The van der Waals surface area contributed by atoms with Gasteiger partial charge in [0.15, 0.2) is 0 Å². The van der Waals surface area contributed by atoms with Gasteiger partial charge in [0.2, 0.25) is 0 Å². The summed E-state index contributed by atoms with van der Waals surface area (Å²) in [6.45, 7) is 2.21. The van der Waals surface area contributed by atoms with Crippen LogP contribution in [-0.4, -0.2) is 6.04 Å². The third-order valence-corrected chi connectivity index (χ3v) is 3.62. The molecule has 1 saturated carbocycles. The van der Waals surface area contributed by atoms with Crippen molar-refractivity contribution in [1.29, 1.82) is 0 Å². The zero-order valence-corrected chi connectivity index (χ0v) is 10.2. The lowest BCUT2D eigenvalue weighted by atomic mass is 10.0. The Morgan fingerprint density at radius 3 is 2.88 bits per heavy atom. The maximum Gasteiger partial charge on any atom is 0.126 e. The molecule has 0 saturated heterocycles. The number of nitrogens with one attached hydrogen (secondary N) is 1. The van der Waals surface area contributed by atoms with Gasteiger partial charge in [-0.05, 0) is 37.0 Å². The standard InChI is InChI=1S/C13H17ClFN/c1-2-9-4-3-5-13(9)16-12-7-10(14)6-11(15)8-12/h6-9,13,16H,2-5H2,1H3. The number of anilines is 1. The van der Waals surface area contributed by atoms with Crippen LogP contribution in [0.2, 0.25) is 5.02 Å². The summed E-state index contributed by atoms with van der Waals surface area (Å²) in [5.74, 6) is 0.433. The molecule has 1 aromatic carbocycles. The highest BCUT2D eigenvalue weighted by Gasteiger charge is 2.25. The predicted octanol–water partition coefficient (Wildman–Crippen LogP) is 4.47. The summed E-state index contributed by atoms with van der Waals surface area (Å²) in [5.41, 5.74) is 0.801. The Bertz CT molecular complexity index is 347. The Hall–Kier alpha value is -0.760. The minimum absolute atomic E-state index is 0.277. The van der Waals surface area contributed by atoms with Gasteiger partial charge in [0.1, 0.15) is 5.82 Å². The van der Waals surface area contributed by atoms with E-state index in [9.17, 15) is 4.39 Å². The van der Waals surface area contributed by atoms with Crippen molar-refractivity contribution in [3.05, 3.63) is 29.0 Å². The van der Waals surface area contributed by atoms with E-state index >= 15 is 0 Å². The van der Waals surface area contributed by atoms with Gasteiger partial charge in [0.25, 0.3) is 0 Å². The fraction of sp³-hybridized carbons (Fsp3) is 0.538. The van der Waals surface area contributed by atoms with E-state index in [1.807, 2.05) is 0 Å². The van der Waals surface area contributed by atoms with Crippen molar-refractivity contribution in [2.24, 2.45) is 5.92 Å². The molecule has 88 valence electrons. The highest BCUT2D eigenvalue weighted by molar-refractivity contribution is 6.30. The Morgan fingerprint density at radius 1 is 1.38 bits per heavy atom. The second kappa shape index (κ2) is 5.05. The van der Waals surface area contributed by atoms with Crippen LogP contribution in [0.3, 0.4) is 0 Å². The first-order valence-electron chi connectivity index (χ1n) is 5.91. The summed E-state index contributed by atoms with van der Waals surface area (Å²) >= 11 is 5.83. The molecule has 0 aliphatic heterocycles. The minimum atomic E-state index is -0.277. The van der Waals surface area contributed by atoms with Gasteiger partial charge >= 0.3 is 0 Å². The van der Waals surface area contributed by atoms with Gasteiger partial charge in [-0.1, -0.05) is 31.4 Å². The van der Waals surface area contributed by atoms with E-state index in [1.54, 1.807) is 6.07 Å². The van der Waals surface area contributed by atoms with Crippen LogP contribution in [0.1, 0.15) is 32.6 Å². The van der Waals surface area contributed by atoms with Gasteiger partial charge in [0.05, 0.1) is 0 Å². The van der Waals surface area contributed by atoms with Crippen molar-refractivity contribution in [2.75, 3.05) is 5.32 Å². The maximum atomic E-state index is 13.2. The highest BCUT2D eigenvalue weighted by Crippen LogP contribution is 2.31. The average molecular weight is 242 g/mol. The van der Waals surface area contributed by atoms with Gasteiger partial charge in [-0.25, -0.2) is 4.39 Å². The lowest BCUT2D eigenvalue weighted by Crippen LogP contribution is -2.23. The molecular formula is C13H17ClFN. The molecule has 1 nitrogen and oxygen atoms in total. The van der Waals surface area contributed by atoms with Crippen LogP contribution in [0.4, 0.5) is 10.1 Å². The third kappa shape index (κ3) is 2.67. The van der Waals surface area contributed by atoms with Crippen molar-refractivity contribution >= 4 is 17.3 Å². The largest absolute Gasteiger partial charge is 0.382 e. The van der Waals surface area contributed by atoms with Gasteiger partial charge < -0.3 is 5.32 Å². The fourth-order valence-electron chi connectivity index (χ4n) is 2.57. The van der Waals surface area contributed by atoms with Crippen LogP contribution >= 0.6 is 11.6 Å². The Balaban J connectivity index is 2.08. The van der Waals surface area contributed by atoms with Gasteiger partial charge in [-0.2, -0.15) is 0 Å². The van der Waals surface area contributed by atoms with Gasteiger partial charge in [-0.15, -0.1) is 0 Å². The van der Waals surface area contributed by atoms with Crippen molar-refractivity contribution < 1.29 is 4.39 Å². The molecule has 1 fully saturated rings. The van der Waals surface area contributed by atoms with Crippen molar-refractivity contribution in [1.82, 2.24) is 0 Å². The van der Waals surface area contributed by atoms with Crippen LogP contribution in [0.25, 0.3) is 0 Å². The SMILES string of the molecule is CCC1CCCC1Nc1cc(F)cc(Cl)c1. The molecule has 1 aliphatic rings. The summed E-state index contributed by atoms with van der Waals surface area (Å²) in [4.78, 5) is 0. The first kappa shape index (κ1) is 11.7. The fourth-order valence-corrected chi connectivity index (χ4v) is 2.79. The molecule has 0 aromatic heterocycles. The number of hydrogen-bond acceptors (Lipinski definition) is 1. The van der Waals surface area contributed by atoms with E-state index < -0.39 is 0 Å². The third-order valence-electron chi connectivity index (χ3n) is 3.40. The van der Waals surface area contributed by atoms with Crippen molar-refractivity contribution in [3.63, 3.8) is 0 Å². The molecule has 1 aliphatic carbocycles. The number of hydrogen-bond donors (Lipinski definition) is 1. The first-order valence-corrected chi connectivity index (χ1v) is 6.29. The number of benzene rings is 1. The van der Waals surface area contributed by atoms with Crippen molar-refractivity contribution in [2.45, 2.75) is 38.6 Å². The molecule has 3 heteroatoms. The Kier molecular flexibility index (Phi) is 3.70. The van der Waals surface area contributed by atoms with E-state index in [0.29, 0.717) is 17.0 Å². The molecular weight excluding hydrogens is 225 g/mol. The average Bonchev–Trinajstić information content (AvgIpc) is 2.63. The van der Waals surface area contributed by atoms with E-state index in [1.165, 1.54) is 37.8 Å². The quantitative estimate of drug-likeness (QED) is 0.823. The van der Waals surface area contributed by atoms with Crippen molar-refractivity contribution in [3.8, 4) is 0 Å². The molecule has 2 atom stereocenters. The molecule has 0 bridgehead atoms. The summed E-state index contributed by atoms with van der Waals surface area (Å²) < 4.78 is 13.2. The van der Waals surface area contributed by atoms with E-state index in [0.717, 1.165) is 5.69 Å². The lowest BCUT2D eigenvalue weighted by Gasteiger charge is -2.21. The van der Waals surface area contributed by atoms with E-state index in [-0.39, 0.29) is 5.82 Å². The molecule has 2 unspecified atom stereocenters. The Labute approximate surface area is 101 Å². The smallest absolute Gasteiger partial charge is 0.126 e. The first-order chi connectivity index (χ1) is 7.69. The van der Waals surface area contributed by atoms with Crippen LogP contribution in [0.5, 0.6) is 0 Å². The summed E-state index contributed by atoms with van der Waals surface area (Å²) in [7, 11) is 0. The molecule has 0 spiro atoms. The predicted molar refractivity (Wildman–Crippen MR) is 66.5 cm³/mol. The molecule has 0 heterocycles. The monoisotopic (exact) mass is 241 g/mol. The van der Waals surface area contributed by atoms with Crippen LogP contribution in [0, 0.1) is 11.7 Å². The minimum Gasteiger partial charge on any atom is -0.382 e. The lowest BCUT2D eigenvalue weighted by molar-refractivity contribution is 0.489. The van der Waals surface area contributed by atoms with Crippen LogP contribution in [-0.2, 0) is 0 Å². The summed E-state index contributed by atoms with van der Waals surface area (Å²) in [6.07, 6.45) is 4.89. The molecule has 1 aromatic rings. The molecule has 2 rings (SSSR count). The van der Waals surface area contributed by atoms with E-state index in [4.69, 9.17) is 11.6 Å². The van der Waals surface area contributed by atoms with Gasteiger partial charge in [0, 0.05) is 16.8 Å². The van der Waals surface area contributed by atoms with Crippen LogP contribution in [0.15, 0.2) is 18.2 Å². The van der Waals surface area contributed by atoms with Gasteiger partial charge in [-0.3, -0.25) is 0 Å². The number of rotatable bonds is 3. The molecule has 0 radical (unpaired) electrons. The summed E-state index contributed by atoms with van der Waals surface area (Å²) in [6, 6.07) is 5.11. The topological polar surface area (TPSA) is 12.0 Å². The maximum absolute atomic E-state index is 13.2. The second-order valence-electron chi connectivity index (χ2n) is 4.51. The molecule has 1 N–H and O–H groups in total. The normalized spacial score (nSPS) is 24.7. The molecule has 0 amide bonds. The zero-order chi connectivity index (χ0) is 11.5. The summed E-state index contributed by atoms with van der Waals surface area (Å²) in [5, 5.41) is 3.85. The zero-order valence-electron chi connectivity index (χ0n) is 9.47. The second-order valence-corrected chi connectivity index (χ2v) is 4.94. The number of halogens is 2.